The summed E-state index contributed by atoms with van der Waals surface area (Å²) in [5, 5.41) is 3.40. The third-order valence-electron chi connectivity index (χ3n) is 2.25. The van der Waals surface area contributed by atoms with Crippen LogP contribution in [0.3, 0.4) is 0 Å². The van der Waals surface area contributed by atoms with Gasteiger partial charge in [0.15, 0.2) is 0 Å². The van der Waals surface area contributed by atoms with Gasteiger partial charge in [-0.25, -0.2) is 0 Å². The van der Waals surface area contributed by atoms with Gasteiger partial charge >= 0.3 is 0 Å². The van der Waals surface area contributed by atoms with E-state index in [0.717, 1.165) is 12.4 Å². The molecule has 1 saturated heterocycles. The van der Waals surface area contributed by atoms with Crippen molar-refractivity contribution >= 4 is 5.82 Å². The largest absolute Gasteiger partial charge is 0.385 e. The van der Waals surface area contributed by atoms with E-state index < -0.39 is 0 Å². The van der Waals surface area contributed by atoms with Crippen molar-refractivity contribution in [2.45, 2.75) is 18.9 Å². The fraction of sp³-hybridized carbons (Fsp3) is 0.500. The van der Waals surface area contributed by atoms with Gasteiger partial charge in [-0.1, -0.05) is 0 Å². The monoisotopic (exact) mass is 151 g/mol. The maximum atomic E-state index is 5.72. The maximum absolute atomic E-state index is 5.72. The molecule has 4 N–H and O–H groups in total. The quantitative estimate of drug-likeness (QED) is 0.561. The van der Waals surface area contributed by atoms with Gasteiger partial charge in [0.2, 0.25) is 0 Å². The number of nitrogens with one attached hydrogen (secondary N) is 2. The van der Waals surface area contributed by atoms with Crippen LogP contribution < -0.4 is 11.1 Å². The SMILES string of the molecule is Nc1[nH]ccc1[C@@H]1CCCN1. The molecule has 0 saturated carbocycles. The van der Waals surface area contributed by atoms with Crippen molar-refractivity contribution in [1.29, 1.82) is 0 Å². The number of hydrogen-bond acceptors (Lipinski definition) is 2. The van der Waals surface area contributed by atoms with Crippen LogP contribution in [0.4, 0.5) is 5.82 Å². The molecule has 11 heavy (non-hydrogen) atoms. The molecule has 1 aromatic rings. The summed E-state index contributed by atoms with van der Waals surface area (Å²) >= 11 is 0. The highest BCUT2D eigenvalue weighted by Crippen LogP contribution is 2.26. The summed E-state index contributed by atoms with van der Waals surface area (Å²) in [4.78, 5) is 2.98. The summed E-state index contributed by atoms with van der Waals surface area (Å²) in [5.74, 6) is 0.810. The highest BCUT2D eigenvalue weighted by Gasteiger charge is 2.18. The molecule has 3 heteroatoms. The smallest absolute Gasteiger partial charge is 0.105 e. The molecule has 0 unspecified atom stereocenters. The number of H-pyrrole nitrogens is 1. The van der Waals surface area contributed by atoms with Crippen LogP contribution in [0.5, 0.6) is 0 Å². The van der Waals surface area contributed by atoms with Crippen molar-refractivity contribution in [3.8, 4) is 0 Å². The summed E-state index contributed by atoms with van der Waals surface area (Å²) in [7, 11) is 0. The van der Waals surface area contributed by atoms with Crippen LogP contribution in [0.25, 0.3) is 0 Å². The number of hydrogen-bond donors (Lipinski definition) is 3. The van der Waals surface area contributed by atoms with Gasteiger partial charge in [0.1, 0.15) is 5.82 Å². The Kier molecular flexibility index (Phi) is 1.58. The lowest BCUT2D eigenvalue weighted by atomic mass is 10.1. The molecule has 3 nitrogen and oxygen atoms in total. The average Bonchev–Trinajstić information content (AvgIpc) is 2.55. The van der Waals surface area contributed by atoms with E-state index in [1.54, 1.807) is 0 Å². The Balaban J connectivity index is 2.21. The lowest BCUT2D eigenvalue weighted by Gasteiger charge is -2.08. The van der Waals surface area contributed by atoms with Crippen molar-refractivity contribution in [3.05, 3.63) is 17.8 Å². The molecule has 2 rings (SSSR count). The van der Waals surface area contributed by atoms with Crippen molar-refractivity contribution in [2.24, 2.45) is 0 Å². The third kappa shape index (κ3) is 1.12. The van der Waals surface area contributed by atoms with E-state index in [9.17, 15) is 0 Å². The summed E-state index contributed by atoms with van der Waals surface area (Å²) in [6, 6.07) is 2.54. The minimum atomic E-state index is 0.487. The van der Waals surface area contributed by atoms with Gasteiger partial charge in [0.05, 0.1) is 0 Å². The van der Waals surface area contributed by atoms with Gasteiger partial charge < -0.3 is 16.0 Å². The number of nitrogen functional groups attached to an aromatic ring is 1. The van der Waals surface area contributed by atoms with Gasteiger partial charge in [0.25, 0.3) is 0 Å². The predicted molar refractivity (Wildman–Crippen MR) is 45.2 cm³/mol. The highest BCUT2D eigenvalue weighted by atomic mass is 15.0. The Morgan fingerprint density at radius 3 is 3.00 bits per heavy atom. The van der Waals surface area contributed by atoms with Crippen LogP contribution in [0.15, 0.2) is 12.3 Å². The maximum Gasteiger partial charge on any atom is 0.105 e. The van der Waals surface area contributed by atoms with Crippen molar-refractivity contribution in [3.63, 3.8) is 0 Å². The van der Waals surface area contributed by atoms with Gasteiger partial charge in [-0.2, -0.15) is 0 Å². The molecule has 0 amide bonds. The molecule has 0 aromatic carbocycles. The molecule has 1 aliphatic rings. The zero-order valence-corrected chi connectivity index (χ0v) is 6.43. The fourth-order valence-corrected chi connectivity index (χ4v) is 1.65. The molecule has 2 heterocycles. The zero-order chi connectivity index (χ0) is 7.68. The molecule has 0 bridgehead atoms. The minimum Gasteiger partial charge on any atom is -0.385 e. The van der Waals surface area contributed by atoms with Gasteiger partial charge in [-0.05, 0) is 25.5 Å². The molecule has 0 spiro atoms. The van der Waals surface area contributed by atoms with Crippen LogP contribution >= 0.6 is 0 Å². The Bertz CT molecular complexity index is 235. The van der Waals surface area contributed by atoms with Gasteiger partial charge in [0, 0.05) is 17.8 Å². The van der Waals surface area contributed by atoms with Crippen molar-refractivity contribution in [2.75, 3.05) is 12.3 Å². The summed E-state index contributed by atoms with van der Waals surface area (Å²) < 4.78 is 0. The fourth-order valence-electron chi connectivity index (χ4n) is 1.65. The first kappa shape index (κ1) is 6.73. The van der Waals surface area contributed by atoms with E-state index in [4.69, 9.17) is 5.73 Å². The first-order valence-electron chi connectivity index (χ1n) is 4.04. The van der Waals surface area contributed by atoms with Crippen molar-refractivity contribution in [1.82, 2.24) is 10.3 Å². The standard InChI is InChI=1S/C8H13N3/c9-8-6(3-5-11-8)7-2-1-4-10-7/h3,5,7,10-11H,1-2,4,9H2/t7-/m0/s1. The second-order valence-corrected chi connectivity index (χ2v) is 3.00. The second kappa shape index (κ2) is 2.58. The van der Waals surface area contributed by atoms with E-state index in [2.05, 4.69) is 16.4 Å². The van der Waals surface area contributed by atoms with E-state index in [1.807, 2.05) is 6.20 Å². The highest BCUT2D eigenvalue weighted by molar-refractivity contribution is 5.42. The van der Waals surface area contributed by atoms with Gasteiger partial charge in [-0.3, -0.25) is 0 Å². The molecule has 1 aliphatic heterocycles. The van der Waals surface area contributed by atoms with Crippen LogP contribution in [-0.4, -0.2) is 11.5 Å². The molecule has 0 radical (unpaired) electrons. The van der Waals surface area contributed by atoms with E-state index in [0.29, 0.717) is 6.04 Å². The molecule has 1 aromatic heterocycles. The van der Waals surface area contributed by atoms with Crippen LogP contribution in [-0.2, 0) is 0 Å². The Labute approximate surface area is 66.0 Å². The first-order valence-corrected chi connectivity index (χ1v) is 4.04. The summed E-state index contributed by atoms with van der Waals surface area (Å²) in [5.41, 5.74) is 6.95. The molecular weight excluding hydrogens is 138 g/mol. The van der Waals surface area contributed by atoms with Gasteiger partial charge in [-0.15, -0.1) is 0 Å². The molecule has 1 atom stereocenters. The Morgan fingerprint density at radius 2 is 2.45 bits per heavy atom. The predicted octanol–water partition coefficient (Wildman–Crippen LogP) is 1.02. The number of nitrogens with two attached hydrogens (primary N) is 1. The number of aromatic amines is 1. The van der Waals surface area contributed by atoms with Crippen LogP contribution in [0.2, 0.25) is 0 Å². The number of anilines is 1. The lowest BCUT2D eigenvalue weighted by molar-refractivity contribution is 0.651. The van der Waals surface area contributed by atoms with Crippen LogP contribution in [0, 0.1) is 0 Å². The summed E-state index contributed by atoms with van der Waals surface area (Å²) in [6.45, 7) is 1.12. The third-order valence-corrected chi connectivity index (χ3v) is 2.25. The topological polar surface area (TPSA) is 53.8 Å². The van der Waals surface area contributed by atoms with E-state index in [1.165, 1.54) is 18.4 Å². The number of aromatic nitrogens is 1. The lowest BCUT2D eigenvalue weighted by Crippen LogP contribution is -2.13. The normalized spacial score (nSPS) is 24.2. The van der Waals surface area contributed by atoms with E-state index in [-0.39, 0.29) is 0 Å². The van der Waals surface area contributed by atoms with E-state index >= 15 is 0 Å². The Morgan fingerprint density at radius 1 is 1.55 bits per heavy atom. The molecule has 1 fully saturated rings. The second-order valence-electron chi connectivity index (χ2n) is 3.00. The molecule has 0 aliphatic carbocycles. The van der Waals surface area contributed by atoms with Crippen LogP contribution in [0.1, 0.15) is 24.4 Å². The molecule has 60 valence electrons. The molecular formula is C8H13N3. The minimum absolute atomic E-state index is 0.487. The average molecular weight is 151 g/mol. The first-order chi connectivity index (χ1) is 5.38. The zero-order valence-electron chi connectivity index (χ0n) is 6.43. The number of rotatable bonds is 1. The summed E-state index contributed by atoms with van der Waals surface area (Å²) in [6.07, 6.45) is 4.36. The van der Waals surface area contributed by atoms with Crippen molar-refractivity contribution < 1.29 is 0 Å². The Hall–Kier alpha value is -0.960.